The Morgan fingerprint density at radius 2 is 1.94 bits per heavy atom. The molecule has 1 heterocycles. The van der Waals surface area contributed by atoms with Crippen LogP contribution in [0.4, 0.5) is 0 Å². The Balaban J connectivity index is 0.000000281. The first kappa shape index (κ1) is 14.2. The molecule has 0 aliphatic carbocycles. The minimum Gasteiger partial charge on any atom is -0.481 e. The third kappa shape index (κ3) is 4.59. The van der Waals surface area contributed by atoms with Crippen LogP contribution >= 0.6 is 0 Å². The number of carboxylic acids is 1. The average Bonchev–Trinajstić information content (AvgIpc) is 2.66. The lowest BCUT2D eigenvalue weighted by atomic mass is 10.1. The number of hydrogen-bond donors (Lipinski definition) is 1. The van der Waals surface area contributed by atoms with Gasteiger partial charge in [-0.05, 0) is 12.6 Å². The van der Waals surface area contributed by atoms with Gasteiger partial charge in [-0.1, -0.05) is 18.7 Å². The normalized spacial score (nSPS) is 14.1. The molecule has 0 atom stereocenters. The van der Waals surface area contributed by atoms with Gasteiger partial charge in [0.05, 0.1) is 5.92 Å². The van der Waals surface area contributed by atoms with Crippen molar-refractivity contribution in [3.63, 3.8) is 0 Å². The molecule has 88 valence electrons. The molecule has 1 rings (SSSR count). The molecule has 1 aliphatic rings. The molecule has 4 heteroatoms. The van der Waals surface area contributed by atoms with E-state index in [1.807, 2.05) is 0 Å². The highest BCUT2D eigenvalue weighted by atomic mass is 16.4. The summed E-state index contributed by atoms with van der Waals surface area (Å²) in [6, 6.07) is 0. The van der Waals surface area contributed by atoms with Crippen molar-refractivity contribution < 1.29 is 14.7 Å². The van der Waals surface area contributed by atoms with Crippen LogP contribution in [0.25, 0.3) is 0 Å². The van der Waals surface area contributed by atoms with Gasteiger partial charge in [0.15, 0.2) is 0 Å². The SMILES string of the molecule is C=CC(C=C)C(=O)O.C=CN1CCCC1=O. The molecular weight excluding hydrogens is 206 g/mol. The van der Waals surface area contributed by atoms with Gasteiger partial charge in [0.1, 0.15) is 0 Å². The van der Waals surface area contributed by atoms with Gasteiger partial charge in [0, 0.05) is 13.0 Å². The topological polar surface area (TPSA) is 57.6 Å². The molecule has 0 aromatic rings. The summed E-state index contributed by atoms with van der Waals surface area (Å²) >= 11 is 0. The third-order valence-corrected chi connectivity index (χ3v) is 2.12. The highest BCUT2D eigenvalue weighted by molar-refractivity contribution is 5.78. The number of nitrogens with zero attached hydrogens (tertiary/aromatic N) is 1. The van der Waals surface area contributed by atoms with E-state index < -0.39 is 11.9 Å². The Bertz CT molecular complexity index is 289. The Morgan fingerprint density at radius 1 is 1.38 bits per heavy atom. The average molecular weight is 223 g/mol. The molecule has 0 spiro atoms. The van der Waals surface area contributed by atoms with Gasteiger partial charge < -0.3 is 10.0 Å². The monoisotopic (exact) mass is 223 g/mol. The number of hydrogen-bond acceptors (Lipinski definition) is 2. The number of aliphatic carboxylic acids is 1. The third-order valence-electron chi connectivity index (χ3n) is 2.12. The molecule has 1 aliphatic heterocycles. The molecule has 0 bridgehead atoms. The molecule has 0 unspecified atom stereocenters. The van der Waals surface area contributed by atoms with Crippen LogP contribution in [0.1, 0.15) is 12.8 Å². The van der Waals surface area contributed by atoms with Crippen molar-refractivity contribution in [2.24, 2.45) is 5.92 Å². The molecule has 0 saturated carbocycles. The van der Waals surface area contributed by atoms with E-state index in [2.05, 4.69) is 19.7 Å². The van der Waals surface area contributed by atoms with E-state index in [0.29, 0.717) is 6.42 Å². The Labute approximate surface area is 95.6 Å². The zero-order valence-electron chi connectivity index (χ0n) is 9.26. The van der Waals surface area contributed by atoms with Crippen LogP contribution in [0.5, 0.6) is 0 Å². The number of carboxylic acid groups (broad SMARTS) is 1. The van der Waals surface area contributed by atoms with Gasteiger partial charge in [-0.2, -0.15) is 0 Å². The predicted molar refractivity (Wildman–Crippen MR) is 62.7 cm³/mol. The predicted octanol–water partition coefficient (Wildman–Crippen LogP) is 1.81. The molecule has 1 N–H and O–H groups in total. The largest absolute Gasteiger partial charge is 0.481 e. The fourth-order valence-electron chi connectivity index (χ4n) is 1.16. The summed E-state index contributed by atoms with van der Waals surface area (Å²) < 4.78 is 0. The quantitative estimate of drug-likeness (QED) is 0.739. The van der Waals surface area contributed by atoms with E-state index in [4.69, 9.17) is 5.11 Å². The molecule has 4 nitrogen and oxygen atoms in total. The number of rotatable bonds is 4. The molecule has 1 amide bonds. The first-order valence-corrected chi connectivity index (χ1v) is 4.96. The first-order valence-electron chi connectivity index (χ1n) is 4.96. The van der Waals surface area contributed by atoms with Gasteiger partial charge >= 0.3 is 5.97 Å². The van der Waals surface area contributed by atoms with Gasteiger partial charge in [0.2, 0.25) is 5.91 Å². The summed E-state index contributed by atoms with van der Waals surface area (Å²) in [5.41, 5.74) is 0. The second-order valence-electron chi connectivity index (χ2n) is 3.21. The van der Waals surface area contributed by atoms with Gasteiger partial charge in [-0.3, -0.25) is 9.59 Å². The summed E-state index contributed by atoms with van der Waals surface area (Å²) in [4.78, 5) is 22.3. The van der Waals surface area contributed by atoms with E-state index in [0.717, 1.165) is 13.0 Å². The first-order chi connectivity index (χ1) is 7.56. The number of amides is 1. The second-order valence-corrected chi connectivity index (χ2v) is 3.21. The number of likely N-dealkylation sites (tertiary alicyclic amines) is 1. The van der Waals surface area contributed by atoms with Gasteiger partial charge in [0.25, 0.3) is 0 Å². The van der Waals surface area contributed by atoms with E-state index in [9.17, 15) is 9.59 Å². The van der Waals surface area contributed by atoms with Crippen molar-refractivity contribution in [2.45, 2.75) is 12.8 Å². The van der Waals surface area contributed by atoms with Crippen LogP contribution in [0.2, 0.25) is 0 Å². The highest BCUT2D eigenvalue weighted by Crippen LogP contribution is 2.08. The maximum atomic E-state index is 10.7. The van der Waals surface area contributed by atoms with Crippen molar-refractivity contribution in [1.82, 2.24) is 4.90 Å². The van der Waals surface area contributed by atoms with Gasteiger partial charge in [-0.25, -0.2) is 0 Å². The fourth-order valence-corrected chi connectivity index (χ4v) is 1.16. The van der Waals surface area contributed by atoms with Crippen molar-refractivity contribution in [3.8, 4) is 0 Å². The molecule has 0 aromatic heterocycles. The standard InChI is InChI=1S/C6H9NO.C6H8O2/c1-2-7-5-3-4-6(7)8;1-3-5(4-2)6(7)8/h2H,1,3-5H2;3-5H,1-2H2,(H,7,8). The summed E-state index contributed by atoms with van der Waals surface area (Å²) in [7, 11) is 0. The van der Waals surface area contributed by atoms with Crippen molar-refractivity contribution in [1.29, 1.82) is 0 Å². The van der Waals surface area contributed by atoms with Crippen molar-refractivity contribution in [2.75, 3.05) is 6.54 Å². The maximum absolute atomic E-state index is 10.7. The van der Waals surface area contributed by atoms with Crippen LogP contribution in [0.15, 0.2) is 38.1 Å². The summed E-state index contributed by atoms with van der Waals surface area (Å²) in [6.45, 7) is 11.0. The van der Waals surface area contributed by atoms with Gasteiger partial charge in [-0.15, -0.1) is 13.2 Å². The van der Waals surface area contributed by atoms with Crippen LogP contribution in [0.3, 0.4) is 0 Å². The van der Waals surface area contributed by atoms with Crippen LogP contribution < -0.4 is 0 Å². The zero-order chi connectivity index (χ0) is 12.6. The second kappa shape index (κ2) is 7.45. The Hall–Kier alpha value is -1.84. The van der Waals surface area contributed by atoms with Crippen LogP contribution in [-0.4, -0.2) is 28.4 Å². The van der Waals surface area contributed by atoms with E-state index in [1.165, 1.54) is 12.2 Å². The fraction of sp³-hybridized carbons (Fsp3) is 0.333. The minimum atomic E-state index is -0.907. The molecular formula is C12H17NO3. The Morgan fingerprint density at radius 3 is 2.06 bits per heavy atom. The van der Waals surface area contributed by atoms with E-state index in [-0.39, 0.29) is 5.91 Å². The molecule has 16 heavy (non-hydrogen) atoms. The van der Waals surface area contributed by atoms with Crippen LogP contribution in [-0.2, 0) is 9.59 Å². The summed E-state index contributed by atoms with van der Waals surface area (Å²) in [5, 5.41) is 8.23. The molecule has 1 fully saturated rings. The zero-order valence-corrected chi connectivity index (χ0v) is 9.26. The van der Waals surface area contributed by atoms with Crippen molar-refractivity contribution >= 4 is 11.9 Å². The molecule has 0 radical (unpaired) electrons. The summed E-state index contributed by atoms with van der Waals surface area (Å²) in [6.07, 6.45) is 5.94. The lowest BCUT2D eigenvalue weighted by Gasteiger charge is -2.05. The molecule has 0 aromatic carbocycles. The van der Waals surface area contributed by atoms with E-state index >= 15 is 0 Å². The van der Waals surface area contributed by atoms with Crippen molar-refractivity contribution in [3.05, 3.63) is 38.1 Å². The maximum Gasteiger partial charge on any atom is 0.314 e. The minimum absolute atomic E-state index is 0.208. The lowest BCUT2D eigenvalue weighted by molar-refractivity contribution is -0.138. The summed E-state index contributed by atoms with van der Waals surface area (Å²) in [5.74, 6) is -1.30. The van der Waals surface area contributed by atoms with Crippen LogP contribution in [0, 0.1) is 5.92 Å². The highest BCUT2D eigenvalue weighted by Gasteiger charge is 2.15. The number of carbonyl (C=O) groups excluding carboxylic acids is 1. The lowest BCUT2D eigenvalue weighted by Crippen LogP contribution is -2.16. The smallest absolute Gasteiger partial charge is 0.314 e. The molecule has 1 saturated heterocycles. The Kier molecular flexibility index (Phi) is 6.59. The number of carbonyl (C=O) groups is 2. The van der Waals surface area contributed by atoms with E-state index in [1.54, 1.807) is 11.1 Å².